The van der Waals surface area contributed by atoms with E-state index in [0.29, 0.717) is 11.1 Å². The van der Waals surface area contributed by atoms with Crippen LogP contribution in [0, 0.1) is 5.82 Å². The van der Waals surface area contributed by atoms with Gasteiger partial charge in [-0.3, -0.25) is 0 Å². The van der Waals surface area contributed by atoms with Crippen molar-refractivity contribution in [3.8, 4) is 10.6 Å². The second-order valence-electron chi connectivity index (χ2n) is 4.35. The molecule has 0 unspecified atom stereocenters. The van der Waals surface area contributed by atoms with Crippen molar-refractivity contribution in [2.45, 2.75) is 18.9 Å². The summed E-state index contributed by atoms with van der Waals surface area (Å²) in [4.78, 5) is 4.60. The molecular weight excluding hydrogens is 271 g/mol. The van der Waals surface area contributed by atoms with E-state index in [1.54, 1.807) is 17.4 Å². The topological polar surface area (TPSA) is 24.9 Å². The number of rotatable bonds is 2. The van der Waals surface area contributed by atoms with Gasteiger partial charge < -0.3 is 5.32 Å². The average Bonchev–Trinajstić information content (AvgIpc) is 2.99. The van der Waals surface area contributed by atoms with Crippen LogP contribution in [0.1, 0.15) is 24.6 Å². The first-order valence-corrected chi connectivity index (χ1v) is 7.14. The fraction of sp³-hybridized carbons (Fsp3) is 0.308. The second-order valence-corrected chi connectivity index (χ2v) is 5.62. The number of thiazole rings is 1. The highest BCUT2D eigenvalue weighted by Gasteiger charge is 2.19. The van der Waals surface area contributed by atoms with Crippen LogP contribution in [0.3, 0.4) is 0 Å². The molecule has 5 heteroatoms. The van der Waals surface area contributed by atoms with Gasteiger partial charge in [-0.2, -0.15) is 0 Å². The summed E-state index contributed by atoms with van der Waals surface area (Å²) < 4.78 is 13.0. The van der Waals surface area contributed by atoms with Gasteiger partial charge in [-0.1, -0.05) is 11.6 Å². The van der Waals surface area contributed by atoms with Crippen molar-refractivity contribution in [1.82, 2.24) is 10.3 Å². The van der Waals surface area contributed by atoms with Crippen LogP contribution in [-0.2, 0) is 0 Å². The molecule has 1 atom stereocenters. The summed E-state index contributed by atoms with van der Waals surface area (Å²) in [5.41, 5.74) is 1.86. The zero-order chi connectivity index (χ0) is 12.5. The van der Waals surface area contributed by atoms with Crippen molar-refractivity contribution in [3.63, 3.8) is 0 Å². The van der Waals surface area contributed by atoms with E-state index in [4.69, 9.17) is 11.6 Å². The Balaban J connectivity index is 1.92. The highest BCUT2D eigenvalue weighted by atomic mass is 35.5. The molecule has 0 amide bonds. The standard InChI is InChI=1S/C13H12ClFN2S/c14-10-6-8(15)3-4-9(10)13-17-12(7-18-13)11-2-1-5-16-11/h3-4,6-7,11,16H,1-2,5H2/t11-/m0/s1. The smallest absolute Gasteiger partial charge is 0.125 e. The van der Waals surface area contributed by atoms with E-state index in [1.807, 2.05) is 0 Å². The number of benzene rings is 1. The Morgan fingerprint density at radius 2 is 2.33 bits per heavy atom. The predicted molar refractivity (Wildman–Crippen MR) is 72.5 cm³/mol. The predicted octanol–water partition coefficient (Wildman–Crippen LogP) is 4.03. The minimum atomic E-state index is -0.321. The van der Waals surface area contributed by atoms with Crippen molar-refractivity contribution in [2.75, 3.05) is 6.54 Å². The molecule has 3 rings (SSSR count). The molecule has 94 valence electrons. The molecule has 0 aliphatic carbocycles. The van der Waals surface area contributed by atoms with Crippen molar-refractivity contribution in [2.24, 2.45) is 0 Å². The average molecular weight is 283 g/mol. The number of hydrogen-bond donors (Lipinski definition) is 1. The number of halogens is 2. The van der Waals surface area contributed by atoms with Crippen LogP contribution in [0.4, 0.5) is 4.39 Å². The van der Waals surface area contributed by atoms with Gasteiger partial charge in [-0.25, -0.2) is 9.37 Å². The lowest BCUT2D eigenvalue weighted by atomic mass is 10.2. The Labute approximate surface area is 114 Å². The maximum absolute atomic E-state index is 13.0. The van der Waals surface area contributed by atoms with Crippen LogP contribution in [0.15, 0.2) is 23.6 Å². The van der Waals surface area contributed by atoms with Gasteiger partial charge in [0.2, 0.25) is 0 Å². The maximum atomic E-state index is 13.0. The molecule has 2 nitrogen and oxygen atoms in total. The van der Waals surface area contributed by atoms with Gasteiger partial charge in [0.25, 0.3) is 0 Å². The van der Waals surface area contributed by atoms with Crippen LogP contribution in [-0.4, -0.2) is 11.5 Å². The van der Waals surface area contributed by atoms with Gasteiger partial charge in [-0.05, 0) is 37.6 Å². The van der Waals surface area contributed by atoms with Gasteiger partial charge in [0.15, 0.2) is 0 Å². The van der Waals surface area contributed by atoms with Gasteiger partial charge in [-0.15, -0.1) is 11.3 Å². The van der Waals surface area contributed by atoms with E-state index in [1.165, 1.54) is 18.6 Å². The summed E-state index contributed by atoms with van der Waals surface area (Å²) in [7, 11) is 0. The zero-order valence-corrected chi connectivity index (χ0v) is 11.2. The highest BCUT2D eigenvalue weighted by molar-refractivity contribution is 7.13. The van der Waals surface area contributed by atoms with Gasteiger partial charge in [0, 0.05) is 10.9 Å². The lowest BCUT2D eigenvalue weighted by Crippen LogP contribution is -2.12. The molecule has 2 aromatic rings. The molecule has 0 saturated carbocycles. The highest BCUT2D eigenvalue weighted by Crippen LogP contribution is 2.33. The van der Waals surface area contributed by atoms with Crippen LogP contribution in [0.2, 0.25) is 5.02 Å². The molecule has 1 aromatic heterocycles. The molecule has 0 spiro atoms. The summed E-state index contributed by atoms with van der Waals surface area (Å²) in [5, 5.41) is 6.73. The Hall–Kier alpha value is -0.970. The van der Waals surface area contributed by atoms with E-state index in [-0.39, 0.29) is 5.82 Å². The number of nitrogens with one attached hydrogen (secondary N) is 1. The minimum Gasteiger partial charge on any atom is -0.309 e. The summed E-state index contributed by atoms with van der Waals surface area (Å²) in [6.07, 6.45) is 2.31. The van der Waals surface area contributed by atoms with E-state index >= 15 is 0 Å². The van der Waals surface area contributed by atoms with Crippen molar-refractivity contribution >= 4 is 22.9 Å². The van der Waals surface area contributed by atoms with Crippen LogP contribution < -0.4 is 5.32 Å². The monoisotopic (exact) mass is 282 g/mol. The molecular formula is C13H12ClFN2S. The first-order valence-electron chi connectivity index (χ1n) is 5.88. The van der Waals surface area contributed by atoms with Crippen LogP contribution in [0.5, 0.6) is 0 Å². The first-order chi connectivity index (χ1) is 8.74. The second kappa shape index (κ2) is 4.96. The van der Waals surface area contributed by atoms with Crippen LogP contribution in [0.25, 0.3) is 10.6 Å². The van der Waals surface area contributed by atoms with Crippen molar-refractivity contribution < 1.29 is 4.39 Å². The van der Waals surface area contributed by atoms with E-state index in [0.717, 1.165) is 29.2 Å². The molecule has 1 saturated heterocycles. The van der Waals surface area contributed by atoms with E-state index in [9.17, 15) is 4.39 Å². The Morgan fingerprint density at radius 3 is 3.06 bits per heavy atom. The third-order valence-electron chi connectivity index (χ3n) is 3.10. The molecule has 0 radical (unpaired) electrons. The lowest BCUT2D eigenvalue weighted by Gasteiger charge is -2.05. The molecule has 2 heterocycles. The third kappa shape index (κ3) is 2.28. The number of aromatic nitrogens is 1. The molecule has 18 heavy (non-hydrogen) atoms. The minimum absolute atomic E-state index is 0.321. The van der Waals surface area contributed by atoms with Gasteiger partial charge in [0.05, 0.1) is 16.8 Å². The molecule has 1 aliphatic heterocycles. The quantitative estimate of drug-likeness (QED) is 0.900. The van der Waals surface area contributed by atoms with E-state index < -0.39 is 0 Å². The summed E-state index contributed by atoms with van der Waals surface area (Å²) in [6.45, 7) is 1.05. The normalized spacial score (nSPS) is 19.3. The largest absolute Gasteiger partial charge is 0.309 e. The Morgan fingerprint density at radius 1 is 1.44 bits per heavy atom. The molecule has 1 aromatic carbocycles. The molecule has 1 aliphatic rings. The zero-order valence-electron chi connectivity index (χ0n) is 9.62. The molecule has 1 fully saturated rings. The van der Waals surface area contributed by atoms with Crippen molar-refractivity contribution in [1.29, 1.82) is 0 Å². The number of nitrogens with zero attached hydrogens (tertiary/aromatic N) is 1. The summed E-state index contributed by atoms with van der Waals surface area (Å²) in [6, 6.07) is 4.78. The molecule has 0 bridgehead atoms. The first kappa shape index (κ1) is 12.1. The fourth-order valence-electron chi connectivity index (χ4n) is 2.17. The van der Waals surface area contributed by atoms with Gasteiger partial charge in [0.1, 0.15) is 10.8 Å². The van der Waals surface area contributed by atoms with Crippen molar-refractivity contribution in [3.05, 3.63) is 40.1 Å². The summed E-state index contributed by atoms with van der Waals surface area (Å²) in [5.74, 6) is -0.321. The van der Waals surface area contributed by atoms with Gasteiger partial charge >= 0.3 is 0 Å². The fourth-order valence-corrected chi connectivity index (χ4v) is 3.40. The maximum Gasteiger partial charge on any atom is 0.125 e. The van der Waals surface area contributed by atoms with E-state index in [2.05, 4.69) is 15.7 Å². The van der Waals surface area contributed by atoms with Crippen LogP contribution >= 0.6 is 22.9 Å². The molecule has 1 N–H and O–H groups in total. The Bertz CT molecular complexity index is 564. The third-order valence-corrected chi connectivity index (χ3v) is 4.31. The SMILES string of the molecule is Fc1ccc(-c2nc([C@@H]3CCCN3)cs2)c(Cl)c1. The Kier molecular flexibility index (Phi) is 3.33. The summed E-state index contributed by atoms with van der Waals surface area (Å²) >= 11 is 7.60. The number of hydrogen-bond acceptors (Lipinski definition) is 3. The lowest BCUT2D eigenvalue weighted by molar-refractivity contribution is 0.628.